The Labute approximate surface area is 156 Å². The number of para-hydroxylation sites is 1. The van der Waals surface area contributed by atoms with Crippen LogP contribution in [0.5, 0.6) is 5.75 Å². The Bertz CT molecular complexity index is 667. The monoisotopic (exact) mass is 352 g/mol. The van der Waals surface area contributed by atoms with Crippen molar-refractivity contribution in [3.63, 3.8) is 0 Å². The zero-order valence-electron chi connectivity index (χ0n) is 15.3. The fraction of sp³-hybridized carbons (Fsp3) is 0.409. The van der Waals surface area contributed by atoms with Crippen molar-refractivity contribution in [2.24, 2.45) is 4.99 Å². The second-order valence-corrected chi connectivity index (χ2v) is 6.46. The van der Waals surface area contributed by atoms with E-state index in [4.69, 9.17) is 9.47 Å². The molecule has 0 spiro atoms. The molecule has 0 aliphatic carbocycles. The molecule has 0 radical (unpaired) electrons. The van der Waals surface area contributed by atoms with E-state index in [2.05, 4.69) is 40.2 Å². The minimum Gasteiger partial charge on any atom is -0.493 e. The summed E-state index contributed by atoms with van der Waals surface area (Å²) in [6.45, 7) is 6.35. The number of hydrogen-bond acceptors (Lipinski definition) is 4. The molecule has 4 nitrogen and oxygen atoms in total. The molecule has 0 amide bonds. The summed E-state index contributed by atoms with van der Waals surface area (Å²) >= 11 is 0. The van der Waals surface area contributed by atoms with Gasteiger partial charge in [0.1, 0.15) is 5.75 Å². The van der Waals surface area contributed by atoms with Gasteiger partial charge in [-0.1, -0.05) is 42.5 Å². The maximum absolute atomic E-state index is 5.99. The molecule has 0 N–H and O–H groups in total. The maximum atomic E-state index is 5.99. The molecule has 0 aromatic heterocycles. The minimum atomic E-state index is 0.728. The molecule has 2 aromatic rings. The molecule has 0 bridgehead atoms. The van der Waals surface area contributed by atoms with E-state index >= 15 is 0 Å². The summed E-state index contributed by atoms with van der Waals surface area (Å²) < 4.78 is 11.4. The molecule has 138 valence electrons. The van der Waals surface area contributed by atoms with Crippen molar-refractivity contribution in [3.05, 3.63) is 65.7 Å². The molecule has 2 aromatic carbocycles. The third-order valence-electron chi connectivity index (χ3n) is 4.50. The lowest BCUT2D eigenvalue weighted by Gasteiger charge is -2.26. The Balaban J connectivity index is 1.42. The lowest BCUT2D eigenvalue weighted by Crippen LogP contribution is -2.37. The Morgan fingerprint density at radius 2 is 1.77 bits per heavy atom. The first-order valence-corrected chi connectivity index (χ1v) is 9.47. The summed E-state index contributed by atoms with van der Waals surface area (Å²) in [6.07, 6.45) is 3.92. The number of morpholine rings is 1. The highest BCUT2D eigenvalue weighted by Crippen LogP contribution is 2.16. The van der Waals surface area contributed by atoms with E-state index in [1.807, 2.05) is 30.5 Å². The van der Waals surface area contributed by atoms with Crippen LogP contribution < -0.4 is 4.74 Å². The van der Waals surface area contributed by atoms with E-state index in [0.29, 0.717) is 0 Å². The Hall–Kier alpha value is -2.17. The van der Waals surface area contributed by atoms with E-state index < -0.39 is 0 Å². The fourth-order valence-corrected chi connectivity index (χ4v) is 3.01. The minimum absolute atomic E-state index is 0.728. The number of hydrogen-bond donors (Lipinski definition) is 0. The molecule has 0 unspecified atom stereocenters. The molecule has 3 rings (SSSR count). The van der Waals surface area contributed by atoms with Crippen molar-refractivity contribution < 1.29 is 9.47 Å². The fourth-order valence-electron chi connectivity index (χ4n) is 3.01. The standard InChI is InChI=1S/C22H28N2O2/c1-2-7-20(8-3-1)11-12-23-19-21-9-4-5-10-22(21)26-16-6-13-24-14-17-25-18-15-24/h1-5,7-10,19H,6,11-18H2. The van der Waals surface area contributed by atoms with Crippen LogP contribution in [-0.2, 0) is 11.2 Å². The van der Waals surface area contributed by atoms with Crippen LogP contribution in [0.1, 0.15) is 17.5 Å². The largest absolute Gasteiger partial charge is 0.493 e. The highest BCUT2D eigenvalue weighted by atomic mass is 16.5. The smallest absolute Gasteiger partial charge is 0.128 e. The number of rotatable bonds is 9. The van der Waals surface area contributed by atoms with Crippen LogP contribution in [0, 0.1) is 0 Å². The second-order valence-electron chi connectivity index (χ2n) is 6.46. The summed E-state index contributed by atoms with van der Waals surface area (Å²) in [7, 11) is 0. The number of aliphatic imine (C=N–C) groups is 1. The maximum Gasteiger partial charge on any atom is 0.128 e. The number of benzene rings is 2. The molecule has 1 fully saturated rings. The lowest BCUT2D eigenvalue weighted by molar-refractivity contribution is 0.0358. The van der Waals surface area contributed by atoms with Crippen LogP contribution in [0.4, 0.5) is 0 Å². The molecular formula is C22H28N2O2. The highest BCUT2D eigenvalue weighted by Gasteiger charge is 2.09. The Morgan fingerprint density at radius 1 is 1.00 bits per heavy atom. The van der Waals surface area contributed by atoms with E-state index in [1.165, 1.54) is 5.56 Å². The third-order valence-corrected chi connectivity index (χ3v) is 4.50. The molecule has 4 heteroatoms. The molecule has 1 aliphatic heterocycles. The lowest BCUT2D eigenvalue weighted by atomic mass is 10.1. The first-order valence-electron chi connectivity index (χ1n) is 9.47. The van der Waals surface area contributed by atoms with E-state index in [0.717, 1.165) is 70.2 Å². The molecule has 0 saturated carbocycles. The van der Waals surface area contributed by atoms with Crippen LogP contribution in [-0.4, -0.2) is 57.1 Å². The van der Waals surface area contributed by atoms with Crippen LogP contribution >= 0.6 is 0 Å². The van der Waals surface area contributed by atoms with Gasteiger partial charge in [0, 0.05) is 38.0 Å². The summed E-state index contributed by atoms with van der Waals surface area (Å²) in [6, 6.07) is 18.6. The van der Waals surface area contributed by atoms with Crippen molar-refractivity contribution in [3.8, 4) is 5.75 Å². The van der Waals surface area contributed by atoms with Crippen molar-refractivity contribution in [2.45, 2.75) is 12.8 Å². The summed E-state index contributed by atoms with van der Waals surface area (Å²) in [4.78, 5) is 7.01. The van der Waals surface area contributed by atoms with Crippen LogP contribution in [0.15, 0.2) is 59.6 Å². The van der Waals surface area contributed by atoms with Gasteiger partial charge in [-0.3, -0.25) is 9.89 Å². The van der Waals surface area contributed by atoms with Gasteiger partial charge >= 0.3 is 0 Å². The van der Waals surface area contributed by atoms with Gasteiger partial charge in [0.15, 0.2) is 0 Å². The number of ether oxygens (including phenoxy) is 2. The molecule has 1 saturated heterocycles. The number of nitrogens with zero attached hydrogens (tertiary/aromatic N) is 2. The quantitative estimate of drug-likeness (QED) is 0.512. The molecule has 0 atom stereocenters. The van der Waals surface area contributed by atoms with Crippen molar-refractivity contribution >= 4 is 6.21 Å². The van der Waals surface area contributed by atoms with Crippen molar-refractivity contribution in [1.29, 1.82) is 0 Å². The van der Waals surface area contributed by atoms with Crippen LogP contribution in [0.2, 0.25) is 0 Å². The SMILES string of the molecule is C(=NCCc1ccccc1)c1ccccc1OCCCN1CCOCC1. The predicted molar refractivity (Wildman–Crippen MR) is 106 cm³/mol. The topological polar surface area (TPSA) is 34.1 Å². The first-order chi connectivity index (χ1) is 12.9. The second kappa shape index (κ2) is 10.7. The van der Waals surface area contributed by atoms with Crippen LogP contribution in [0.3, 0.4) is 0 Å². The third kappa shape index (κ3) is 6.28. The Morgan fingerprint density at radius 3 is 2.62 bits per heavy atom. The van der Waals surface area contributed by atoms with E-state index in [-0.39, 0.29) is 0 Å². The molecule has 1 heterocycles. The van der Waals surface area contributed by atoms with Crippen LogP contribution in [0.25, 0.3) is 0 Å². The Kier molecular flexibility index (Phi) is 7.69. The van der Waals surface area contributed by atoms with Gasteiger partial charge in [0.2, 0.25) is 0 Å². The summed E-state index contributed by atoms with van der Waals surface area (Å²) in [5.41, 5.74) is 2.37. The van der Waals surface area contributed by atoms with E-state index in [9.17, 15) is 0 Å². The van der Waals surface area contributed by atoms with Gasteiger partial charge in [0.05, 0.1) is 19.8 Å². The molecule has 26 heavy (non-hydrogen) atoms. The van der Waals surface area contributed by atoms with E-state index in [1.54, 1.807) is 0 Å². The average Bonchev–Trinajstić information content (AvgIpc) is 2.71. The van der Waals surface area contributed by atoms with Gasteiger partial charge < -0.3 is 9.47 Å². The highest BCUT2D eigenvalue weighted by molar-refractivity contribution is 5.83. The van der Waals surface area contributed by atoms with Gasteiger partial charge in [-0.05, 0) is 30.5 Å². The zero-order valence-corrected chi connectivity index (χ0v) is 15.3. The zero-order chi connectivity index (χ0) is 17.9. The molecule has 1 aliphatic rings. The summed E-state index contributed by atoms with van der Waals surface area (Å²) in [5.74, 6) is 0.915. The van der Waals surface area contributed by atoms with Gasteiger partial charge in [-0.25, -0.2) is 0 Å². The normalized spacial score (nSPS) is 15.4. The van der Waals surface area contributed by atoms with Gasteiger partial charge in [0.25, 0.3) is 0 Å². The predicted octanol–water partition coefficient (Wildman–Crippen LogP) is 3.45. The van der Waals surface area contributed by atoms with Crippen molar-refractivity contribution in [1.82, 2.24) is 4.90 Å². The first kappa shape index (κ1) is 18.6. The van der Waals surface area contributed by atoms with Gasteiger partial charge in [-0.2, -0.15) is 0 Å². The summed E-state index contributed by atoms with van der Waals surface area (Å²) in [5, 5.41) is 0. The average molecular weight is 352 g/mol. The van der Waals surface area contributed by atoms with Crippen molar-refractivity contribution in [2.75, 3.05) is 46.0 Å². The molecular weight excluding hydrogens is 324 g/mol. The van der Waals surface area contributed by atoms with Gasteiger partial charge in [-0.15, -0.1) is 0 Å².